The molecule has 6 nitrogen and oxygen atoms in total. The number of allylic oxidation sites excluding steroid dienone is 3. The number of aromatic nitrogens is 3. The van der Waals surface area contributed by atoms with Crippen LogP contribution in [0.3, 0.4) is 0 Å². The number of piperazine rings is 1. The second-order valence-corrected chi connectivity index (χ2v) is 11.0. The molecule has 4 heterocycles. The molecule has 0 radical (unpaired) electrons. The van der Waals surface area contributed by atoms with Crippen LogP contribution in [-0.4, -0.2) is 83.8 Å². The predicted octanol–water partition coefficient (Wildman–Crippen LogP) is 6.32. The lowest BCUT2D eigenvalue weighted by Crippen LogP contribution is -2.44. The highest BCUT2D eigenvalue weighted by molar-refractivity contribution is 6.00. The number of alkyl halides is 2. The van der Waals surface area contributed by atoms with Crippen molar-refractivity contribution in [3.8, 4) is 11.4 Å². The van der Waals surface area contributed by atoms with Gasteiger partial charge in [-0.3, -0.25) is 10.00 Å². The van der Waals surface area contributed by atoms with E-state index < -0.39 is 5.92 Å². The van der Waals surface area contributed by atoms with Gasteiger partial charge in [0.05, 0.1) is 17.8 Å². The molecule has 2 aliphatic heterocycles. The standard InChI is InChI=1S/C32H36F2N6/c1-4-22(20-39-12-11-32(33,34)21-39)17-23(5-2)24-9-10-28-26(18-24)31(37-36-28)29-19-25-27(35-29)7-6-8-30(25)40-15-13-38(3)14-16-40/h4-10,17-19,35H,1,11-16,20-21H2,2-3H3,(H,36,37)/b22-17+,23-5+. The Bertz CT molecular complexity index is 1600. The van der Waals surface area contributed by atoms with Crippen molar-refractivity contribution in [3.63, 3.8) is 0 Å². The molecule has 6 rings (SSSR count). The molecule has 208 valence electrons. The van der Waals surface area contributed by atoms with Crippen LogP contribution in [0, 0.1) is 0 Å². The number of aromatic amines is 2. The first-order valence-electron chi connectivity index (χ1n) is 14.0. The van der Waals surface area contributed by atoms with Gasteiger partial charge in [0, 0.05) is 67.7 Å². The third-order valence-corrected chi connectivity index (χ3v) is 8.21. The minimum atomic E-state index is -2.60. The van der Waals surface area contributed by atoms with Gasteiger partial charge < -0.3 is 14.8 Å². The average molecular weight is 543 g/mol. The number of likely N-dealkylation sites (N-methyl/N-ethyl adjacent to an activating group) is 1. The number of nitrogens with one attached hydrogen (secondary N) is 2. The highest BCUT2D eigenvalue weighted by Crippen LogP contribution is 2.35. The van der Waals surface area contributed by atoms with Crippen LogP contribution in [0.25, 0.3) is 38.8 Å². The highest BCUT2D eigenvalue weighted by Gasteiger charge is 2.38. The molecule has 2 saturated heterocycles. The Hall–Kier alpha value is -3.75. The zero-order valence-corrected chi connectivity index (χ0v) is 23.2. The number of nitrogens with zero attached hydrogens (tertiary/aromatic N) is 4. The molecule has 0 aliphatic carbocycles. The number of H-pyrrole nitrogens is 2. The molecule has 0 bridgehead atoms. The topological polar surface area (TPSA) is 54.2 Å². The van der Waals surface area contributed by atoms with Crippen molar-refractivity contribution < 1.29 is 8.78 Å². The summed E-state index contributed by atoms with van der Waals surface area (Å²) in [6.07, 6.45) is 5.78. The second-order valence-electron chi connectivity index (χ2n) is 11.0. The van der Waals surface area contributed by atoms with E-state index in [9.17, 15) is 8.78 Å². The molecule has 4 aromatic rings. The smallest absolute Gasteiger partial charge is 0.261 e. The van der Waals surface area contributed by atoms with Gasteiger partial charge in [-0.25, -0.2) is 8.78 Å². The van der Waals surface area contributed by atoms with Gasteiger partial charge >= 0.3 is 0 Å². The third-order valence-electron chi connectivity index (χ3n) is 8.21. The Labute approximate surface area is 233 Å². The molecular weight excluding hydrogens is 506 g/mol. The molecule has 0 spiro atoms. The SMILES string of the molecule is C=C/C(=C\C(=C/C)c1ccc2[nH]nc(-c3cc4c(N5CCN(C)CC5)cccc4[nH]3)c2c1)CN1CCC(F)(F)C1. The number of likely N-dealkylation sites (tertiary alicyclic amines) is 1. The summed E-state index contributed by atoms with van der Waals surface area (Å²) in [5, 5.41) is 10.1. The minimum Gasteiger partial charge on any atom is -0.368 e. The van der Waals surface area contributed by atoms with Crippen LogP contribution < -0.4 is 4.90 Å². The van der Waals surface area contributed by atoms with Gasteiger partial charge in [-0.05, 0) is 61.0 Å². The molecule has 0 unspecified atom stereocenters. The van der Waals surface area contributed by atoms with Gasteiger partial charge in [-0.1, -0.05) is 36.9 Å². The fourth-order valence-corrected chi connectivity index (χ4v) is 5.89. The van der Waals surface area contributed by atoms with Gasteiger partial charge in [-0.2, -0.15) is 5.10 Å². The molecule has 40 heavy (non-hydrogen) atoms. The zero-order chi connectivity index (χ0) is 27.9. The van der Waals surface area contributed by atoms with Crippen LogP contribution >= 0.6 is 0 Å². The highest BCUT2D eigenvalue weighted by atomic mass is 19.3. The van der Waals surface area contributed by atoms with E-state index in [-0.39, 0.29) is 13.0 Å². The van der Waals surface area contributed by atoms with E-state index in [0.29, 0.717) is 13.1 Å². The van der Waals surface area contributed by atoms with Crippen LogP contribution in [-0.2, 0) is 0 Å². The van der Waals surface area contributed by atoms with E-state index in [0.717, 1.165) is 70.7 Å². The first-order chi connectivity index (χ1) is 19.3. The van der Waals surface area contributed by atoms with E-state index >= 15 is 0 Å². The van der Waals surface area contributed by atoms with Crippen LogP contribution in [0.15, 0.2) is 72.8 Å². The molecule has 2 fully saturated rings. The molecular formula is C32H36F2N6. The lowest BCUT2D eigenvalue weighted by atomic mass is 10.00. The summed E-state index contributed by atoms with van der Waals surface area (Å²) in [5.74, 6) is -2.60. The van der Waals surface area contributed by atoms with E-state index in [1.165, 1.54) is 11.1 Å². The normalized spacial score (nSPS) is 19.2. The van der Waals surface area contributed by atoms with Crippen LogP contribution in [0.2, 0.25) is 0 Å². The average Bonchev–Trinajstić information content (AvgIpc) is 3.66. The summed E-state index contributed by atoms with van der Waals surface area (Å²) in [5.41, 5.74) is 8.13. The van der Waals surface area contributed by atoms with Crippen molar-refractivity contribution in [3.05, 3.63) is 78.4 Å². The molecule has 2 N–H and O–H groups in total. The van der Waals surface area contributed by atoms with Crippen LogP contribution in [0.1, 0.15) is 18.9 Å². The lowest BCUT2D eigenvalue weighted by molar-refractivity contribution is 0.0131. The van der Waals surface area contributed by atoms with Crippen molar-refractivity contribution in [1.82, 2.24) is 25.0 Å². The Morgan fingerprint density at radius 2 is 1.88 bits per heavy atom. The van der Waals surface area contributed by atoms with Gasteiger partial charge in [0.2, 0.25) is 0 Å². The van der Waals surface area contributed by atoms with Gasteiger partial charge in [0.1, 0.15) is 5.69 Å². The second kappa shape index (κ2) is 10.7. The van der Waals surface area contributed by atoms with Crippen LogP contribution in [0.5, 0.6) is 0 Å². The summed E-state index contributed by atoms with van der Waals surface area (Å²) >= 11 is 0. The number of benzene rings is 2. The van der Waals surface area contributed by atoms with Crippen molar-refractivity contribution in [1.29, 1.82) is 0 Å². The molecule has 2 aliphatic rings. The van der Waals surface area contributed by atoms with Crippen molar-refractivity contribution in [2.75, 3.05) is 57.8 Å². The maximum Gasteiger partial charge on any atom is 0.261 e. The van der Waals surface area contributed by atoms with E-state index in [2.05, 4.69) is 76.0 Å². The first-order valence-corrected chi connectivity index (χ1v) is 14.0. The number of hydrogen-bond donors (Lipinski definition) is 2. The molecule has 2 aromatic heterocycles. The Kier molecular flexibility index (Phi) is 7.06. The molecule has 2 aromatic carbocycles. The van der Waals surface area contributed by atoms with Crippen molar-refractivity contribution in [2.45, 2.75) is 19.3 Å². The molecule has 0 atom stereocenters. The van der Waals surface area contributed by atoms with Gasteiger partial charge in [-0.15, -0.1) is 0 Å². The Balaban J connectivity index is 1.31. The molecule has 0 amide bonds. The lowest BCUT2D eigenvalue weighted by Gasteiger charge is -2.34. The fraction of sp³-hybridized carbons (Fsp3) is 0.344. The summed E-state index contributed by atoms with van der Waals surface area (Å²) < 4.78 is 27.4. The quantitative estimate of drug-likeness (QED) is 0.269. The third kappa shape index (κ3) is 5.21. The number of fused-ring (bicyclic) bond motifs is 2. The molecule has 0 saturated carbocycles. The maximum absolute atomic E-state index is 13.7. The number of halogens is 2. The van der Waals surface area contributed by atoms with E-state index in [1.807, 2.05) is 19.1 Å². The minimum absolute atomic E-state index is 0.0849. The summed E-state index contributed by atoms with van der Waals surface area (Å²) in [4.78, 5) is 10.2. The largest absolute Gasteiger partial charge is 0.368 e. The summed E-state index contributed by atoms with van der Waals surface area (Å²) in [7, 11) is 2.17. The van der Waals surface area contributed by atoms with Crippen molar-refractivity contribution in [2.24, 2.45) is 0 Å². The maximum atomic E-state index is 13.7. The first kappa shape index (κ1) is 26.5. The summed E-state index contributed by atoms with van der Waals surface area (Å²) in [6.45, 7) is 10.7. The van der Waals surface area contributed by atoms with Crippen LogP contribution in [0.4, 0.5) is 14.5 Å². The monoisotopic (exact) mass is 542 g/mol. The fourth-order valence-electron chi connectivity index (χ4n) is 5.89. The zero-order valence-electron chi connectivity index (χ0n) is 23.2. The molecule has 8 heteroatoms. The Morgan fingerprint density at radius 3 is 2.60 bits per heavy atom. The van der Waals surface area contributed by atoms with E-state index in [4.69, 9.17) is 5.10 Å². The van der Waals surface area contributed by atoms with Crippen molar-refractivity contribution >= 4 is 33.1 Å². The number of rotatable bonds is 7. The van der Waals surface area contributed by atoms with Gasteiger partial charge in [0.25, 0.3) is 5.92 Å². The number of anilines is 1. The summed E-state index contributed by atoms with van der Waals surface area (Å²) in [6, 6.07) is 14.9. The predicted molar refractivity (Wildman–Crippen MR) is 161 cm³/mol. The van der Waals surface area contributed by atoms with E-state index in [1.54, 1.807) is 11.0 Å². The Morgan fingerprint density at radius 1 is 1.05 bits per heavy atom. The number of hydrogen-bond acceptors (Lipinski definition) is 4. The van der Waals surface area contributed by atoms with Gasteiger partial charge in [0.15, 0.2) is 0 Å².